The number of esters is 1. The predicted octanol–water partition coefficient (Wildman–Crippen LogP) is 4.21. The van der Waals surface area contributed by atoms with Crippen molar-refractivity contribution in [2.75, 3.05) is 18.6 Å². The van der Waals surface area contributed by atoms with Gasteiger partial charge >= 0.3 is 5.97 Å². The summed E-state index contributed by atoms with van der Waals surface area (Å²) < 4.78 is 11.6. The van der Waals surface area contributed by atoms with Crippen LogP contribution in [0.3, 0.4) is 0 Å². The number of hydrogen-bond donors (Lipinski definition) is 0. The highest BCUT2D eigenvalue weighted by atomic mass is 79.9. The molecule has 1 unspecified atom stereocenters. The van der Waals surface area contributed by atoms with Crippen molar-refractivity contribution in [1.82, 2.24) is 0 Å². The molecule has 1 heterocycles. The molecule has 136 valence electrons. The molecule has 0 aliphatic carbocycles. The first-order valence-corrected chi connectivity index (χ1v) is 9.20. The Morgan fingerprint density at radius 2 is 2.00 bits per heavy atom. The lowest BCUT2D eigenvalue weighted by molar-refractivity contribution is -0.149. The third kappa shape index (κ3) is 4.19. The van der Waals surface area contributed by atoms with Crippen LogP contribution in [0.2, 0.25) is 5.02 Å². The molecule has 0 radical (unpaired) electrons. The summed E-state index contributed by atoms with van der Waals surface area (Å²) in [5, 5.41) is 0.495. The molecule has 1 aliphatic heterocycles. The van der Waals surface area contributed by atoms with Gasteiger partial charge in [-0.05, 0) is 35.9 Å². The highest BCUT2D eigenvalue weighted by Crippen LogP contribution is 2.35. The smallest absolute Gasteiger partial charge is 0.311 e. The van der Waals surface area contributed by atoms with Crippen LogP contribution in [0.25, 0.3) is 0 Å². The second kappa shape index (κ2) is 8.10. The first-order valence-electron chi connectivity index (χ1n) is 8.03. The van der Waals surface area contributed by atoms with Crippen LogP contribution in [0.4, 0.5) is 5.69 Å². The predicted molar refractivity (Wildman–Crippen MR) is 102 cm³/mol. The van der Waals surface area contributed by atoms with Crippen LogP contribution in [0.15, 0.2) is 46.9 Å². The Bertz CT molecular complexity index is 825. The molecule has 26 heavy (non-hydrogen) atoms. The molecule has 0 aromatic heterocycles. The number of carbonyl (C=O) groups is 2. The van der Waals surface area contributed by atoms with E-state index in [0.29, 0.717) is 16.5 Å². The van der Waals surface area contributed by atoms with Crippen molar-refractivity contribution >= 4 is 45.1 Å². The number of amides is 1. The summed E-state index contributed by atoms with van der Waals surface area (Å²) in [6, 6.07) is 12.6. The van der Waals surface area contributed by atoms with Gasteiger partial charge in [0, 0.05) is 22.5 Å². The molecule has 1 aliphatic rings. The fourth-order valence-electron chi connectivity index (χ4n) is 2.83. The summed E-state index contributed by atoms with van der Waals surface area (Å²) in [6.45, 7) is 0.423. The van der Waals surface area contributed by atoms with Crippen molar-refractivity contribution in [2.24, 2.45) is 5.92 Å². The number of carbonyl (C=O) groups excluding carboxylic acids is 2. The van der Waals surface area contributed by atoms with Crippen molar-refractivity contribution in [2.45, 2.75) is 13.0 Å². The maximum Gasteiger partial charge on any atom is 0.311 e. The van der Waals surface area contributed by atoms with Crippen LogP contribution in [0.1, 0.15) is 12.0 Å². The Balaban J connectivity index is 1.66. The normalized spacial score (nSPS) is 16.7. The van der Waals surface area contributed by atoms with Crippen LogP contribution in [0.5, 0.6) is 5.75 Å². The molecule has 2 aromatic carbocycles. The minimum atomic E-state index is -0.512. The van der Waals surface area contributed by atoms with Gasteiger partial charge in [0.25, 0.3) is 0 Å². The number of methoxy groups -OCH3 is 1. The number of rotatable bonds is 5. The summed E-state index contributed by atoms with van der Waals surface area (Å²) in [5.41, 5.74) is 1.45. The third-order valence-corrected chi connectivity index (χ3v) is 4.95. The quantitative estimate of drug-likeness (QED) is 0.656. The molecule has 0 N–H and O–H groups in total. The van der Waals surface area contributed by atoms with Gasteiger partial charge in [0.2, 0.25) is 5.91 Å². The van der Waals surface area contributed by atoms with Gasteiger partial charge in [-0.25, -0.2) is 0 Å². The number of nitrogens with zero attached hydrogens (tertiary/aromatic N) is 1. The second-order valence-electron chi connectivity index (χ2n) is 5.96. The number of hydrogen-bond acceptors (Lipinski definition) is 4. The lowest BCUT2D eigenvalue weighted by atomic mass is 10.1. The highest BCUT2D eigenvalue weighted by molar-refractivity contribution is 9.10. The molecule has 0 spiro atoms. The first kappa shape index (κ1) is 18.7. The molecule has 2 aromatic rings. The van der Waals surface area contributed by atoms with E-state index in [9.17, 15) is 9.59 Å². The van der Waals surface area contributed by atoms with Gasteiger partial charge in [0.1, 0.15) is 12.4 Å². The third-order valence-electron chi connectivity index (χ3n) is 4.18. The highest BCUT2D eigenvalue weighted by Gasteiger charge is 2.37. The SMILES string of the molecule is COc1ccc(Cl)cc1N1CC(C(=O)OCc2ccc(Br)cc2)CC1=O. The number of benzene rings is 2. The summed E-state index contributed by atoms with van der Waals surface area (Å²) in [6.07, 6.45) is 0.106. The van der Waals surface area contributed by atoms with Gasteiger partial charge < -0.3 is 14.4 Å². The summed E-state index contributed by atoms with van der Waals surface area (Å²) >= 11 is 9.40. The molecular weight excluding hydrogens is 422 g/mol. The van der Waals surface area contributed by atoms with Crippen molar-refractivity contribution in [3.8, 4) is 5.75 Å². The minimum absolute atomic E-state index is 0.106. The van der Waals surface area contributed by atoms with E-state index in [1.165, 1.54) is 12.0 Å². The van der Waals surface area contributed by atoms with E-state index >= 15 is 0 Å². The van der Waals surface area contributed by atoms with Crippen LogP contribution >= 0.6 is 27.5 Å². The monoisotopic (exact) mass is 437 g/mol. The molecule has 1 amide bonds. The standard InChI is InChI=1S/C19H17BrClNO4/c1-25-17-7-6-15(21)9-16(17)22-10-13(8-18(22)23)19(24)26-11-12-2-4-14(20)5-3-12/h2-7,9,13H,8,10-11H2,1H3. The van der Waals surface area contributed by atoms with Gasteiger partial charge in [-0.2, -0.15) is 0 Å². The van der Waals surface area contributed by atoms with E-state index in [2.05, 4.69) is 15.9 Å². The zero-order chi connectivity index (χ0) is 18.7. The van der Waals surface area contributed by atoms with E-state index in [1.54, 1.807) is 18.2 Å². The van der Waals surface area contributed by atoms with Crippen molar-refractivity contribution in [1.29, 1.82) is 0 Å². The Morgan fingerprint density at radius 1 is 1.27 bits per heavy atom. The first-order chi connectivity index (χ1) is 12.5. The minimum Gasteiger partial charge on any atom is -0.495 e. The van der Waals surface area contributed by atoms with Crippen molar-refractivity contribution in [3.63, 3.8) is 0 Å². The molecule has 1 fully saturated rings. The summed E-state index contributed by atoms with van der Waals surface area (Å²) in [7, 11) is 1.53. The lowest BCUT2D eigenvalue weighted by Gasteiger charge is -2.19. The average molecular weight is 439 g/mol. The average Bonchev–Trinajstić information content (AvgIpc) is 3.02. The van der Waals surface area contributed by atoms with Crippen LogP contribution in [-0.4, -0.2) is 25.5 Å². The van der Waals surface area contributed by atoms with Crippen molar-refractivity contribution in [3.05, 3.63) is 57.5 Å². The van der Waals surface area contributed by atoms with E-state index in [-0.39, 0.29) is 31.4 Å². The maximum absolute atomic E-state index is 12.4. The second-order valence-corrected chi connectivity index (χ2v) is 7.31. The summed E-state index contributed by atoms with van der Waals surface area (Å²) in [5.74, 6) is -0.519. The topological polar surface area (TPSA) is 55.8 Å². The Kier molecular flexibility index (Phi) is 5.84. The molecule has 0 bridgehead atoms. The molecule has 5 nitrogen and oxygen atoms in total. The number of anilines is 1. The van der Waals surface area contributed by atoms with Crippen LogP contribution < -0.4 is 9.64 Å². The molecule has 1 saturated heterocycles. The molecule has 1 atom stereocenters. The van der Waals surface area contributed by atoms with Crippen molar-refractivity contribution < 1.29 is 19.1 Å². The van der Waals surface area contributed by atoms with Gasteiger partial charge in [-0.1, -0.05) is 39.7 Å². The van der Waals surface area contributed by atoms with Crippen LogP contribution in [0, 0.1) is 5.92 Å². The fourth-order valence-corrected chi connectivity index (χ4v) is 3.26. The lowest BCUT2D eigenvalue weighted by Crippen LogP contribution is -2.26. The van der Waals surface area contributed by atoms with Gasteiger partial charge in [-0.15, -0.1) is 0 Å². The Hall–Kier alpha value is -2.05. The maximum atomic E-state index is 12.4. The number of halogens is 2. The molecule has 0 saturated carbocycles. The Labute approximate surface area is 165 Å². The summed E-state index contributed by atoms with van der Waals surface area (Å²) in [4.78, 5) is 26.3. The molecule has 7 heteroatoms. The molecule has 3 rings (SSSR count). The number of ether oxygens (including phenoxy) is 2. The zero-order valence-electron chi connectivity index (χ0n) is 14.1. The van der Waals surface area contributed by atoms with Gasteiger partial charge in [0.15, 0.2) is 0 Å². The largest absolute Gasteiger partial charge is 0.495 e. The van der Waals surface area contributed by atoms with Gasteiger partial charge in [0.05, 0.1) is 18.7 Å². The fraction of sp³-hybridized carbons (Fsp3) is 0.263. The van der Waals surface area contributed by atoms with Gasteiger partial charge in [-0.3, -0.25) is 9.59 Å². The zero-order valence-corrected chi connectivity index (χ0v) is 16.4. The van der Waals surface area contributed by atoms with E-state index in [0.717, 1.165) is 10.0 Å². The van der Waals surface area contributed by atoms with Crippen LogP contribution in [-0.2, 0) is 20.9 Å². The van der Waals surface area contributed by atoms with E-state index in [4.69, 9.17) is 21.1 Å². The van der Waals surface area contributed by atoms with E-state index in [1.807, 2.05) is 24.3 Å². The molecular formula is C19H17BrClNO4. The Morgan fingerprint density at radius 3 is 2.69 bits per heavy atom. The van der Waals surface area contributed by atoms with E-state index < -0.39 is 5.92 Å².